The first kappa shape index (κ1) is 19.9. The van der Waals surface area contributed by atoms with Gasteiger partial charge in [-0.3, -0.25) is 4.79 Å². The summed E-state index contributed by atoms with van der Waals surface area (Å²) >= 11 is 0. The fourth-order valence-electron chi connectivity index (χ4n) is 1.71. The fourth-order valence-corrected chi connectivity index (χ4v) is 1.71. The molecule has 0 aliphatic carbocycles. The maximum atomic E-state index is 11.7. The van der Waals surface area contributed by atoms with Crippen LogP contribution in [-0.4, -0.2) is 56.8 Å². The van der Waals surface area contributed by atoms with Gasteiger partial charge < -0.3 is 14.0 Å². The van der Waals surface area contributed by atoms with E-state index in [0.717, 1.165) is 30.3 Å². The number of rotatable bonds is 11. The Bertz CT molecular complexity index is 310. The quantitative estimate of drug-likeness (QED) is 0.334. The Kier molecular flexibility index (Phi) is 10.0. The normalized spacial score (nSPS) is 12.8. The summed E-state index contributed by atoms with van der Waals surface area (Å²) in [5.41, 5.74) is 0. The average Bonchev–Trinajstić information content (AvgIpc) is 2.36. The van der Waals surface area contributed by atoms with Crippen molar-refractivity contribution in [2.75, 3.05) is 34.3 Å². The topological polar surface area (TPSA) is 52.6 Å². The number of likely N-dealkylation sites (N-methyl/N-ethyl adjacent to an activating group) is 1. The molecule has 1 unspecified atom stereocenters. The number of hydrogen-bond donors (Lipinski definition) is 0. The van der Waals surface area contributed by atoms with Crippen LogP contribution in [0.1, 0.15) is 52.4 Å². The van der Waals surface area contributed by atoms with Gasteiger partial charge in [-0.05, 0) is 13.3 Å². The van der Waals surface area contributed by atoms with E-state index in [0.29, 0.717) is 13.0 Å². The first-order valence-corrected chi connectivity index (χ1v) is 7.93. The van der Waals surface area contributed by atoms with Crippen LogP contribution in [0.5, 0.6) is 0 Å². The predicted molar refractivity (Wildman–Crippen MR) is 82.8 cm³/mol. The number of quaternary nitrogens is 1. The van der Waals surface area contributed by atoms with Crippen molar-refractivity contribution in [3.8, 4) is 0 Å². The number of carbonyl (C=O) groups excluding carboxylic acids is 2. The summed E-state index contributed by atoms with van der Waals surface area (Å²) in [7, 11) is 6.07. The van der Waals surface area contributed by atoms with E-state index >= 15 is 0 Å². The third-order valence-electron chi connectivity index (χ3n) is 3.13. The van der Waals surface area contributed by atoms with Gasteiger partial charge in [0.25, 0.3) is 0 Å². The van der Waals surface area contributed by atoms with Crippen molar-refractivity contribution in [3.63, 3.8) is 0 Å². The van der Waals surface area contributed by atoms with E-state index in [1.807, 2.05) is 21.1 Å². The van der Waals surface area contributed by atoms with Crippen molar-refractivity contribution in [2.24, 2.45) is 0 Å². The Balaban J connectivity index is 3.77. The number of nitrogens with zero attached hydrogens (tertiary/aromatic N) is 1. The van der Waals surface area contributed by atoms with E-state index in [1.54, 1.807) is 6.92 Å². The molecular weight excluding hydrogens is 270 g/mol. The highest BCUT2D eigenvalue weighted by atomic mass is 16.6. The summed E-state index contributed by atoms with van der Waals surface area (Å²) in [6.07, 6.45) is 4.94. The van der Waals surface area contributed by atoms with Crippen LogP contribution in [0.25, 0.3) is 0 Å². The lowest BCUT2D eigenvalue weighted by Crippen LogP contribution is -2.39. The first-order chi connectivity index (χ1) is 9.76. The molecule has 0 saturated carbocycles. The molecular formula is C16H32NO4+. The van der Waals surface area contributed by atoms with E-state index in [1.165, 1.54) is 12.8 Å². The molecule has 124 valence electrons. The third-order valence-corrected chi connectivity index (χ3v) is 3.13. The molecule has 5 nitrogen and oxygen atoms in total. The number of unbranched alkanes of at least 4 members (excludes halogenated alkanes) is 4. The summed E-state index contributed by atoms with van der Waals surface area (Å²) in [6, 6.07) is 0. The molecule has 0 spiro atoms. The lowest BCUT2D eigenvalue weighted by molar-refractivity contribution is -0.870. The van der Waals surface area contributed by atoms with Gasteiger partial charge in [0.2, 0.25) is 0 Å². The van der Waals surface area contributed by atoms with Crippen molar-refractivity contribution in [1.82, 2.24) is 0 Å². The molecule has 5 heteroatoms. The van der Waals surface area contributed by atoms with E-state index in [2.05, 4.69) is 6.92 Å². The zero-order valence-electron chi connectivity index (χ0n) is 14.3. The van der Waals surface area contributed by atoms with Crippen LogP contribution in [0.4, 0.5) is 0 Å². The SMILES string of the molecule is CCCCCCCC(=O)OC(C)C(=O)OCC[N+](C)(C)C. The Morgan fingerprint density at radius 2 is 1.67 bits per heavy atom. The molecule has 0 fully saturated rings. The minimum Gasteiger partial charge on any atom is -0.457 e. The zero-order chi connectivity index (χ0) is 16.3. The van der Waals surface area contributed by atoms with Crippen molar-refractivity contribution >= 4 is 11.9 Å². The minimum atomic E-state index is -0.819. The second-order valence-corrected chi connectivity index (χ2v) is 6.48. The van der Waals surface area contributed by atoms with Crippen molar-refractivity contribution in [1.29, 1.82) is 0 Å². The third kappa shape index (κ3) is 12.4. The van der Waals surface area contributed by atoms with Crippen LogP contribution in [0.15, 0.2) is 0 Å². The van der Waals surface area contributed by atoms with Crippen molar-refractivity contribution < 1.29 is 23.5 Å². The molecule has 0 N–H and O–H groups in total. The van der Waals surface area contributed by atoms with Crippen molar-refractivity contribution in [3.05, 3.63) is 0 Å². The molecule has 0 rings (SSSR count). The van der Waals surface area contributed by atoms with E-state index in [4.69, 9.17) is 9.47 Å². The molecule has 0 aliphatic rings. The standard InChI is InChI=1S/C16H32NO4/c1-6-7-8-9-10-11-15(18)21-14(2)16(19)20-13-12-17(3,4)5/h14H,6-13H2,1-5H3/q+1. The molecule has 0 bridgehead atoms. The van der Waals surface area contributed by atoms with Gasteiger partial charge in [-0.15, -0.1) is 0 Å². The summed E-state index contributed by atoms with van der Waals surface area (Å²) in [6.45, 7) is 4.77. The van der Waals surface area contributed by atoms with Gasteiger partial charge in [0.05, 0.1) is 21.1 Å². The highest BCUT2D eigenvalue weighted by Crippen LogP contribution is 2.07. The largest absolute Gasteiger partial charge is 0.457 e. The molecule has 0 radical (unpaired) electrons. The Morgan fingerprint density at radius 3 is 2.24 bits per heavy atom. The predicted octanol–water partition coefficient (Wildman–Crippen LogP) is 2.53. The Hall–Kier alpha value is -1.10. The van der Waals surface area contributed by atoms with E-state index in [-0.39, 0.29) is 5.97 Å². The first-order valence-electron chi connectivity index (χ1n) is 7.93. The lowest BCUT2D eigenvalue weighted by Gasteiger charge is -2.23. The molecule has 0 aromatic heterocycles. The molecule has 0 aliphatic heterocycles. The van der Waals surface area contributed by atoms with Gasteiger partial charge in [-0.2, -0.15) is 0 Å². The maximum Gasteiger partial charge on any atom is 0.347 e. The van der Waals surface area contributed by atoms with E-state index < -0.39 is 12.1 Å². The fraction of sp³-hybridized carbons (Fsp3) is 0.875. The second kappa shape index (κ2) is 10.6. The van der Waals surface area contributed by atoms with Crippen LogP contribution in [-0.2, 0) is 19.1 Å². The van der Waals surface area contributed by atoms with Gasteiger partial charge in [-0.1, -0.05) is 32.6 Å². The molecule has 0 saturated heterocycles. The highest BCUT2D eigenvalue weighted by molar-refractivity contribution is 5.78. The average molecular weight is 302 g/mol. The monoisotopic (exact) mass is 302 g/mol. The second-order valence-electron chi connectivity index (χ2n) is 6.48. The van der Waals surface area contributed by atoms with Crippen LogP contribution >= 0.6 is 0 Å². The minimum absolute atomic E-state index is 0.317. The van der Waals surface area contributed by atoms with Gasteiger partial charge in [0, 0.05) is 6.42 Å². The molecule has 0 aromatic rings. The van der Waals surface area contributed by atoms with Crippen LogP contribution in [0.3, 0.4) is 0 Å². The zero-order valence-corrected chi connectivity index (χ0v) is 14.3. The molecule has 21 heavy (non-hydrogen) atoms. The summed E-state index contributed by atoms with van der Waals surface area (Å²) in [5, 5.41) is 0. The van der Waals surface area contributed by atoms with Crippen LogP contribution in [0.2, 0.25) is 0 Å². The van der Waals surface area contributed by atoms with Gasteiger partial charge in [0.15, 0.2) is 6.10 Å². The maximum absolute atomic E-state index is 11.7. The highest BCUT2D eigenvalue weighted by Gasteiger charge is 2.20. The Morgan fingerprint density at radius 1 is 1.05 bits per heavy atom. The van der Waals surface area contributed by atoms with Crippen molar-refractivity contribution in [2.45, 2.75) is 58.5 Å². The van der Waals surface area contributed by atoms with Gasteiger partial charge in [-0.25, -0.2) is 4.79 Å². The molecule has 0 aromatic carbocycles. The molecule has 0 heterocycles. The number of esters is 2. The summed E-state index contributed by atoms with van der Waals surface area (Å²) in [4.78, 5) is 23.3. The van der Waals surface area contributed by atoms with E-state index in [9.17, 15) is 9.59 Å². The van der Waals surface area contributed by atoms with Gasteiger partial charge in [0.1, 0.15) is 13.2 Å². The molecule has 0 amide bonds. The number of carbonyl (C=O) groups is 2. The molecule has 1 atom stereocenters. The summed E-state index contributed by atoms with van der Waals surface area (Å²) in [5.74, 6) is -0.787. The summed E-state index contributed by atoms with van der Waals surface area (Å²) < 4.78 is 10.9. The Labute approximate surface area is 129 Å². The van der Waals surface area contributed by atoms with Crippen LogP contribution in [0, 0.1) is 0 Å². The smallest absolute Gasteiger partial charge is 0.347 e. The van der Waals surface area contributed by atoms with Gasteiger partial charge >= 0.3 is 11.9 Å². The number of hydrogen-bond acceptors (Lipinski definition) is 4. The number of ether oxygens (including phenoxy) is 2. The van der Waals surface area contributed by atoms with Crippen LogP contribution < -0.4 is 0 Å². The lowest BCUT2D eigenvalue weighted by atomic mass is 10.1.